The highest BCUT2D eigenvalue weighted by molar-refractivity contribution is 5.98. The maximum Gasteiger partial charge on any atom is 0.347 e. The Morgan fingerprint density at radius 2 is 1.71 bits per heavy atom. The summed E-state index contributed by atoms with van der Waals surface area (Å²) in [5.41, 5.74) is 0.982. The third kappa shape index (κ3) is 4.64. The molecule has 0 atom stereocenters. The summed E-state index contributed by atoms with van der Waals surface area (Å²) in [6.45, 7) is 4.74. The average molecular weight is 461 g/mol. The van der Waals surface area contributed by atoms with Gasteiger partial charge < -0.3 is 24.4 Å². The van der Waals surface area contributed by atoms with Gasteiger partial charge in [0.15, 0.2) is 5.75 Å². The van der Waals surface area contributed by atoms with Crippen LogP contribution in [0, 0.1) is 32.1 Å². The number of phenols is 1. The van der Waals surface area contributed by atoms with Crippen LogP contribution in [-0.2, 0) is 6.61 Å². The molecule has 0 saturated carbocycles. The molecule has 0 radical (unpaired) electrons. The van der Waals surface area contributed by atoms with Gasteiger partial charge in [-0.3, -0.25) is 0 Å². The summed E-state index contributed by atoms with van der Waals surface area (Å²) in [5.74, 6) is -2.31. The van der Waals surface area contributed by atoms with Crippen LogP contribution in [0.3, 0.4) is 0 Å². The van der Waals surface area contributed by atoms with Gasteiger partial charge in [-0.25, -0.2) is 9.59 Å². The molecular weight excluding hydrogens is 438 g/mol. The summed E-state index contributed by atoms with van der Waals surface area (Å²) in [4.78, 5) is 24.6. The molecule has 0 spiro atoms. The molecule has 0 aliphatic carbocycles. The van der Waals surface area contributed by atoms with Crippen LogP contribution in [0.2, 0.25) is 0 Å². The molecule has 0 bridgehead atoms. The SMILES string of the molecule is COc1cc(OCc2ccccc2)cc(C)c1C(=O)Oc1c(C)c(O)c(C(=O)O)c(C)c1C#N. The number of methoxy groups -OCH3 is 1. The third-order valence-corrected chi connectivity index (χ3v) is 5.38. The van der Waals surface area contributed by atoms with E-state index >= 15 is 0 Å². The zero-order valence-electron chi connectivity index (χ0n) is 19.1. The first-order chi connectivity index (χ1) is 16.2. The quantitative estimate of drug-likeness (QED) is 0.383. The Morgan fingerprint density at radius 1 is 1.03 bits per heavy atom. The minimum absolute atomic E-state index is 0.00533. The first-order valence-corrected chi connectivity index (χ1v) is 10.3. The summed E-state index contributed by atoms with van der Waals surface area (Å²) < 4.78 is 16.7. The topological polar surface area (TPSA) is 126 Å². The van der Waals surface area contributed by atoms with Gasteiger partial charge in [0.05, 0.1) is 12.7 Å². The van der Waals surface area contributed by atoms with Crippen LogP contribution >= 0.6 is 0 Å². The van der Waals surface area contributed by atoms with Crippen molar-refractivity contribution in [2.24, 2.45) is 0 Å². The van der Waals surface area contributed by atoms with Crippen molar-refractivity contribution < 1.29 is 34.0 Å². The number of hydrogen-bond acceptors (Lipinski definition) is 7. The predicted octanol–water partition coefficient (Wildman–Crippen LogP) is 4.69. The van der Waals surface area contributed by atoms with E-state index in [9.17, 15) is 25.1 Å². The Bertz CT molecular complexity index is 1310. The van der Waals surface area contributed by atoms with Gasteiger partial charge >= 0.3 is 11.9 Å². The highest BCUT2D eigenvalue weighted by Gasteiger charge is 2.27. The molecule has 0 heterocycles. The van der Waals surface area contributed by atoms with E-state index in [1.807, 2.05) is 36.4 Å². The standard InChI is InChI=1S/C26H23NO7/c1-14-10-18(33-13-17-8-6-5-7-9-17)11-20(32-4)21(14)26(31)34-24-16(3)23(28)22(25(29)30)15(2)19(24)12-27/h5-11,28H,13H2,1-4H3,(H,29,30). The van der Waals surface area contributed by atoms with E-state index in [2.05, 4.69) is 0 Å². The van der Waals surface area contributed by atoms with E-state index in [1.165, 1.54) is 21.0 Å². The molecule has 3 aromatic rings. The molecule has 34 heavy (non-hydrogen) atoms. The zero-order valence-corrected chi connectivity index (χ0v) is 19.1. The normalized spacial score (nSPS) is 10.3. The molecular formula is C26H23NO7. The van der Waals surface area contributed by atoms with Gasteiger partial charge in [-0.15, -0.1) is 0 Å². The molecule has 0 aliphatic rings. The number of hydrogen-bond donors (Lipinski definition) is 2. The maximum atomic E-state index is 13.1. The molecule has 8 nitrogen and oxygen atoms in total. The second-order valence-corrected chi connectivity index (χ2v) is 7.58. The number of nitriles is 1. The van der Waals surface area contributed by atoms with E-state index in [4.69, 9.17) is 14.2 Å². The fraction of sp³-hybridized carbons (Fsp3) is 0.192. The van der Waals surface area contributed by atoms with Crippen LogP contribution in [0.4, 0.5) is 0 Å². The van der Waals surface area contributed by atoms with E-state index in [0.29, 0.717) is 17.9 Å². The number of nitrogens with zero attached hydrogens (tertiary/aromatic N) is 1. The lowest BCUT2D eigenvalue weighted by molar-refractivity contribution is 0.0692. The number of ether oxygens (including phenoxy) is 3. The number of benzene rings is 3. The van der Waals surface area contributed by atoms with Crippen molar-refractivity contribution in [3.63, 3.8) is 0 Å². The van der Waals surface area contributed by atoms with Crippen molar-refractivity contribution in [2.45, 2.75) is 27.4 Å². The lowest BCUT2D eigenvalue weighted by atomic mass is 9.96. The Labute approximate surface area is 196 Å². The zero-order chi connectivity index (χ0) is 25.0. The molecule has 3 aromatic carbocycles. The van der Waals surface area contributed by atoms with E-state index in [0.717, 1.165) is 5.56 Å². The van der Waals surface area contributed by atoms with Crippen LogP contribution in [-0.4, -0.2) is 29.3 Å². The smallest absolute Gasteiger partial charge is 0.347 e. The molecule has 0 aliphatic heterocycles. The van der Waals surface area contributed by atoms with Crippen LogP contribution in [0.15, 0.2) is 42.5 Å². The molecule has 0 aromatic heterocycles. The molecule has 2 N–H and O–H groups in total. The lowest BCUT2D eigenvalue weighted by Gasteiger charge is -2.17. The summed E-state index contributed by atoms with van der Waals surface area (Å²) in [7, 11) is 1.40. The van der Waals surface area contributed by atoms with Gasteiger partial charge in [0, 0.05) is 11.6 Å². The molecule has 0 fully saturated rings. The monoisotopic (exact) mass is 461 g/mol. The number of carbonyl (C=O) groups is 2. The van der Waals surface area contributed by atoms with E-state index < -0.39 is 23.3 Å². The van der Waals surface area contributed by atoms with Crippen molar-refractivity contribution in [2.75, 3.05) is 7.11 Å². The highest BCUT2D eigenvalue weighted by atomic mass is 16.5. The van der Waals surface area contributed by atoms with Gasteiger partial charge in [-0.2, -0.15) is 5.26 Å². The molecule has 0 amide bonds. The van der Waals surface area contributed by atoms with Crippen LogP contribution in [0.1, 0.15) is 48.5 Å². The summed E-state index contributed by atoms with van der Waals surface area (Å²) in [6.07, 6.45) is 0. The molecule has 8 heteroatoms. The third-order valence-electron chi connectivity index (χ3n) is 5.38. The Balaban J connectivity index is 1.96. The fourth-order valence-corrected chi connectivity index (χ4v) is 3.59. The van der Waals surface area contributed by atoms with Gasteiger partial charge in [0.1, 0.15) is 41.1 Å². The average Bonchev–Trinajstić information content (AvgIpc) is 2.81. The van der Waals surface area contributed by atoms with Gasteiger partial charge in [0.25, 0.3) is 0 Å². The summed E-state index contributed by atoms with van der Waals surface area (Å²) in [5, 5.41) is 29.3. The largest absolute Gasteiger partial charge is 0.507 e. The second kappa shape index (κ2) is 9.96. The number of carboxylic acid groups (broad SMARTS) is 1. The number of aromatic carboxylic acids is 1. The van der Waals surface area contributed by atoms with Crippen molar-refractivity contribution in [3.8, 4) is 29.1 Å². The van der Waals surface area contributed by atoms with Crippen molar-refractivity contribution >= 4 is 11.9 Å². The first-order valence-electron chi connectivity index (χ1n) is 10.3. The summed E-state index contributed by atoms with van der Waals surface area (Å²) in [6, 6.07) is 14.7. The summed E-state index contributed by atoms with van der Waals surface area (Å²) >= 11 is 0. The highest BCUT2D eigenvalue weighted by Crippen LogP contribution is 2.39. The Morgan fingerprint density at radius 3 is 2.29 bits per heavy atom. The number of aryl methyl sites for hydroxylation is 1. The van der Waals surface area contributed by atoms with Crippen LogP contribution in [0.25, 0.3) is 0 Å². The fourth-order valence-electron chi connectivity index (χ4n) is 3.59. The number of rotatable bonds is 7. The van der Waals surface area contributed by atoms with Gasteiger partial charge in [-0.1, -0.05) is 30.3 Å². The first kappa shape index (κ1) is 24.1. The van der Waals surface area contributed by atoms with Crippen molar-refractivity contribution in [1.29, 1.82) is 5.26 Å². The van der Waals surface area contributed by atoms with Crippen molar-refractivity contribution in [3.05, 3.63) is 81.4 Å². The second-order valence-electron chi connectivity index (χ2n) is 7.58. The number of carboxylic acids is 1. The van der Waals surface area contributed by atoms with E-state index in [1.54, 1.807) is 19.1 Å². The maximum absolute atomic E-state index is 13.1. The van der Waals surface area contributed by atoms with Crippen LogP contribution in [0.5, 0.6) is 23.0 Å². The molecule has 0 unspecified atom stereocenters. The molecule has 3 rings (SSSR count). The van der Waals surface area contributed by atoms with Gasteiger partial charge in [0.2, 0.25) is 0 Å². The predicted molar refractivity (Wildman–Crippen MR) is 123 cm³/mol. The number of esters is 1. The van der Waals surface area contributed by atoms with E-state index in [-0.39, 0.29) is 33.8 Å². The lowest BCUT2D eigenvalue weighted by Crippen LogP contribution is -2.15. The van der Waals surface area contributed by atoms with Gasteiger partial charge in [-0.05, 0) is 43.5 Å². The molecule has 0 saturated heterocycles. The van der Waals surface area contributed by atoms with Crippen LogP contribution < -0.4 is 14.2 Å². The Kier molecular flexibility index (Phi) is 7.07. The number of aromatic hydroxyl groups is 1. The number of carbonyl (C=O) groups excluding carboxylic acids is 1. The minimum Gasteiger partial charge on any atom is -0.507 e. The molecule has 174 valence electrons. The minimum atomic E-state index is -1.39. The van der Waals surface area contributed by atoms with Crippen molar-refractivity contribution in [1.82, 2.24) is 0 Å². The Hall–Kier alpha value is -4.51.